The average Bonchev–Trinajstić information content (AvgIpc) is 2.34. The van der Waals surface area contributed by atoms with Crippen LogP contribution in [0.25, 0.3) is 0 Å². The first-order chi connectivity index (χ1) is 7.88. The zero-order chi connectivity index (χ0) is 11.6. The molecular formula is C12H20N2O2. The molecule has 0 unspecified atom stereocenters. The molecular weight excluding hydrogens is 204 g/mol. The molecule has 16 heavy (non-hydrogen) atoms. The van der Waals surface area contributed by atoms with E-state index >= 15 is 0 Å². The van der Waals surface area contributed by atoms with Crippen LogP contribution in [0.15, 0.2) is 18.3 Å². The van der Waals surface area contributed by atoms with E-state index in [2.05, 4.69) is 10.3 Å². The van der Waals surface area contributed by atoms with Crippen LogP contribution in [-0.2, 0) is 11.2 Å². The van der Waals surface area contributed by atoms with Crippen LogP contribution in [0, 0.1) is 0 Å². The maximum Gasteiger partial charge on any atom is 0.140 e. The fourth-order valence-corrected chi connectivity index (χ4v) is 1.48. The fraction of sp³-hybridized carbons (Fsp3) is 0.583. The maximum absolute atomic E-state index is 5.24. The smallest absolute Gasteiger partial charge is 0.140 e. The van der Waals surface area contributed by atoms with Crippen molar-refractivity contribution >= 4 is 0 Å². The standard InChI is InChI=1S/C12H20N2O2/c1-15-10-9-13-7-3-5-11-12(16-2)6-4-8-14-11/h4,6,8,13H,3,5,7,9-10H2,1-2H3. The molecule has 0 saturated heterocycles. The zero-order valence-corrected chi connectivity index (χ0v) is 10.0. The van der Waals surface area contributed by atoms with Gasteiger partial charge in [-0.05, 0) is 31.5 Å². The van der Waals surface area contributed by atoms with Crippen LogP contribution in [0.5, 0.6) is 5.75 Å². The van der Waals surface area contributed by atoms with Gasteiger partial charge in [0.05, 0.1) is 19.4 Å². The predicted molar refractivity (Wildman–Crippen MR) is 63.9 cm³/mol. The van der Waals surface area contributed by atoms with Gasteiger partial charge in [0.15, 0.2) is 0 Å². The van der Waals surface area contributed by atoms with E-state index in [1.807, 2.05) is 12.1 Å². The Labute approximate surface area is 97.0 Å². The van der Waals surface area contributed by atoms with Gasteiger partial charge >= 0.3 is 0 Å². The monoisotopic (exact) mass is 224 g/mol. The summed E-state index contributed by atoms with van der Waals surface area (Å²) in [4.78, 5) is 4.31. The first-order valence-corrected chi connectivity index (χ1v) is 5.56. The Bertz CT molecular complexity index is 292. The molecule has 0 aliphatic rings. The second-order valence-electron chi connectivity index (χ2n) is 3.50. The quantitative estimate of drug-likeness (QED) is 0.675. The molecule has 1 rings (SSSR count). The molecule has 0 aromatic carbocycles. The molecule has 0 amide bonds. The number of nitrogens with zero attached hydrogens (tertiary/aromatic N) is 1. The summed E-state index contributed by atoms with van der Waals surface area (Å²) in [6.45, 7) is 2.63. The Hall–Kier alpha value is -1.13. The van der Waals surface area contributed by atoms with Crippen molar-refractivity contribution in [2.75, 3.05) is 33.9 Å². The summed E-state index contributed by atoms with van der Waals surface area (Å²) in [7, 11) is 3.39. The Morgan fingerprint density at radius 3 is 2.94 bits per heavy atom. The summed E-state index contributed by atoms with van der Waals surface area (Å²) in [5.74, 6) is 0.874. The molecule has 0 atom stereocenters. The highest BCUT2D eigenvalue weighted by Crippen LogP contribution is 2.15. The molecule has 0 aliphatic carbocycles. The number of nitrogens with one attached hydrogen (secondary N) is 1. The molecule has 1 aromatic rings. The highest BCUT2D eigenvalue weighted by molar-refractivity contribution is 5.26. The summed E-state index contributed by atoms with van der Waals surface area (Å²) in [5.41, 5.74) is 1.03. The van der Waals surface area contributed by atoms with Crippen molar-refractivity contribution in [3.8, 4) is 5.75 Å². The van der Waals surface area contributed by atoms with E-state index in [4.69, 9.17) is 9.47 Å². The van der Waals surface area contributed by atoms with Gasteiger partial charge in [-0.1, -0.05) is 0 Å². The molecule has 90 valence electrons. The highest BCUT2D eigenvalue weighted by atomic mass is 16.5. The molecule has 0 radical (unpaired) electrons. The number of rotatable bonds is 8. The molecule has 0 saturated carbocycles. The molecule has 0 aliphatic heterocycles. The van der Waals surface area contributed by atoms with Crippen molar-refractivity contribution < 1.29 is 9.47 Å². The second kappa shape index (κ2) is 8.07. The molecule has 1 aromatic heterocycles. The lowest BCUT2D eigenvalue weighted by atomic mass is 10.2. The first-order valence-electron chi connectivity index (χ1n) is 5.56. The molecule has 0 fully saturated rings. The van der Waals surface area contributed by atoms with Crippen LogP contribution in [-0.4, -0.2) is 38.9 Å². The number of aromatic nitrogens is 1. The van der Waals surface area contributed by atoms with E-state index in [-0.39, 0.29) is 0 Å². The summed E-state index contributed by atoms with van der Waals surface area (Å²) >= 11 is 0. The molecule has 0 spiro atoms. The summed E-state index contributed by atoms with van der Waals surface area (Å²) in [6.07, 6.45) is 3.79. The summed E-state index contributed by atoms with van der Waals surface area (Å²) in [6, 6.07) is 3.83. The maximum atomic E-state index is 5.24. The van der Waals surface area contributed by atoms with E-state index in [0.717, 1.165) is 44.0 Å². The minimum Gasteiger partial charge on any atom is -0.495 e. The SMILES string of the molecule is COCCNCCCc1ncccc1OC. The van der Waals surface area contributed by atoms with Crippen molar-refractivity contribution in [1.29, 1.82) is 0 Å². The van der Waals surface area contributed by atoms with Crippen molar-refractivity contribution in [3.63, 3.8) is 0 Å². The van der Waals surface area contributed by atoms with Gasteiger partial charge < -0.3 is 14.8 Å². The van der Waals surface area contributed by atoms with Crippen LogP contribution >= 0.6 is 0 Å². The Morgan fingerprint density at radius 1 is 1.31 bits per heavy atom. The van der Waals surface area contributed by atoms with Crippen LogP contribution in [0.3, 0.4) is 0 Å². The fourth-order valence-electron chi connectivity index (χ4n) is 1.48. The van der Waals surface area contributed by atoms with E-state index in [0.29, 0.717) is 0 Å². The number of ether oxygens (including phenoxy) is 2. The van der Waals surface area contributed by atoms with Gasteiger partial charge in [-0.25, -0.2) is 0 Å². The number of hydrogen-bond donors (Lipinski definition) is 1. The van der Waals surface area contributed by atoms with Gasteiger partial charge in [0.25, 0.3) is 0 Å². The third-order valence-corrected chi connectivity index (χ3v) is 2.32. The number of pyridine rings is 1. The predicted octanol–water partition coefficient (Wildman–Crippen LogP) is 1.26. The van der Waals surface area contributed by atoms with Gasteiger partial charge in [-0.15, -0.1) is 0 Å². The lowest BCUT2D eigenvalue weighted by Crippen LogP contribution is -2.20. The lowest BCUT2D eigenvalue weighted by molar-refractivity contribution is 0.199. The van der Waals surface area contributed by atoms with Gasteiger partial charge in [0.1, 0.15) is 5.75 Å². The van der Waals surface area contributed by atoms with Crippen molar-refractivity contribution in [2.24, 2.45) is 0 Å². The van der Waals surface area contributed by atoms with Crippen molar-refractivity contribution in [2.45, 2.75) is 12.8 Å². The van der Waals surface area contributed by atoms with Crippen molar-refractivity contribution in [3.05, 3.63) is 24.0 Å². The van der Waals surface area contributed by atoms with Crippen LogP contribution in [0.1, 0.15) is 12.1 Å². The summed E-state index contributed by atoms with van der Waals surface area (Å²) in [5, 5.41) is 3.30. The number of methoxy groups -OCH3 is 2. The normalized spacial score (nSPS) is 10.4. The van der Waals surface area contributed by atoms with Crippen LogP contribution in [0.4, 0.5) is 0 Å². The molecule has 1 N–H and O–H groups in total. The van der Waals surface area contributed by atoms with E-state index in [9.17, 15) is 0 Å². The number of hydrogen-bond acceptors (Lipinski definition) is 4. The summed E-state index contributed by atoms with van der Waals surface area (Å²) < 4.78 is 10.2. The van der Waals surface area contributed by atoms with E-state index < -0.39 is 0 Å². The Balaban J connectivity index is 2.21. The minimum atomic E-state index is 0.757. The van der Waals surface area contributed by atoms with Gasteiger partial charge in [0.2, 0.25) is 0 Å². The molecule has 1 heterocycles. The van der Waals surface area contributed by atoms with E-state index in [1.165, 1.54) is 0 Å². The third-order valence-electron chi connectivity index (χ3n) is 2.32. The topological polar surface area (TPSA) is 43.4 Å². The molecule has 4 heteroatoms. The Kier molecular flexibility index (Phi) is 6.53. The Morgan fingerprint density at radius 2 is 2.19 bits per heavy atom. The molecule has 4 nitrogen and oxygen atoms in total. The van der Waals surface area contributed by atoms with Crippen LogP contribution < -0.4 is 10.1 Å². The van der Waals surface area contributed by atoms with Gasteiger partial charge in [0, 0.05) is 19.9 Å². The number of aryl methyl sites for hydroxylation is 1. The van der Waals surface area contributed by atoms with Crippen LogP contribution in [0.2, 0.25) is 0 Å². The van der Waals surface area contributed by atoms with E-state index in [1.54, 1.807) is 20.4 Å². The third kappa shape index (κ3) is 4.59. The second-order valence-corrected chi connectivity index (χ2v) is 3.50. The van der Waals surface area contributed by atoms with Gasteiger partial charge in [-0.3, -0.25) is 4.98 Å². The largest absolute Gasteiger partial charge is 0.495 e. The first kappa shape index (κ1) is 12.9. The zero-order valence-electron chi connectivity index (χ0n) is 10.0. The molecule has 0 bridgehead atoms. The minimum absolute atomic E-state index is 0.757. The van der Waals surface area contributed by atoms with Gasteiger partial charge in [-0.2, -0.15) is 0 Å². The van der Waals surface area contributed by atoms with Crippen molar-refractivity contribution in [1.82, 2.24) is 10.3 Å². The average molecular weight is 224 g/mol. The highest BCUT2D eigenvalue weighted by Gasteiger charge is 2.02. The lowest BCUT2D eigenvalue weighted by Gasteiger charge is -2.07.